The smallest absolute Gasteiger partial charge is 0.0952 e. The standard InChI is InChI=1S/C12H18N4S/c1-9-15-10(7-17-9)6-16-8-14-5-11(16)12(2,3)13-4/h5,7-8,13H,6H2,1-4H3. The van der Waals surface area contributed by atoms with Gasteiger partial charge in [-0.1, -0.05) is 0 Å². The molecule has 2 heterocycles. The van der Waals surface area contributed by atoms with Crippen molar-refractivity contribution in [3.05, 3.63) is 34.3 Å². The number of rotatable bonds is 4. The number of hydrogen-bond acceptors (Lipinski definition) is 4. The first-order valence-electron chi connectivity index (χ1n) is 5.63. The van der Waals surface area contributed by atoms with Crippen LogP contribution in [0.1, 0.15) is 30.2 Å². The van der Waals surface area contributed by atoms with Crippen LogP contribution in [0.25, 0.3) is 0 Å². The Bertz CT molecular complexity index is 498. The molecule has 92 valence electrons. The van der Waals surface area contributed by atoms with E-state index in [9.17, 15) is 0 Å². The predicted molar refractivity (Wildman–Crippen MR) is 70.3 cm³/mol. The summed E-state index contributed by atoms with van der Waals surface area (Å²) in [5.74, 6) is 0. The average molecular weight is 250 g/mol. The molecular weight excluding hydrogens is 232 g/mol. The van der Waals surface area contributed by atoms with Crippen molar-refractivity contribution in [2.45, 2.75) is 32.9 Å². The molecule has 0 unspecified atom stereocenters. The van der Waals surface area contributed by atoms with Gasteiger partial charge in [0.15, 0.2) is 0 Å². The van der Waals surface area contributed by atoms with E-state index < -0.39 is 0 Å². The Labute approximate surface area is 106 Å². The Balaban J connectivity index is 2.26. The van der Waals surface area contributed by atoms with Crippen LogP contribution in [-0.2, 0) is 12.1 Å². The monoisotopic (exact) mass is 250 g/mol. The fourth-order valence-corrected chi connectivity index (χ4v) is 2.35. The van der Waals surface area contributed by atoms with E-state index in [1.165, 1.54) is 5.69 Å². The highest BCUT2D eigenvalue weighted by Gasteiger charge is 2.22. The molecule has 0 aliphatic heterocycles. The number of aromatic nitrogens is 3. The molecule has 0 saturated carbocycles. The number of hydrogen-bond donors (Lipinski definition) is 1. The maximum Gasteiger partial charge on any atom is 0.0952 e. The maximum atomic E-state index is 4.48. The van der Waals surface area contributed by atoms with Gasteiger partial charge in [0.1, 0.15) is 0 Å². The van der Waals surface area contributed by atoms with Gasteiger partial charge in [0.05, 0.1) is 41.0 Å². The molecule has 0 fully saturated rings. The van der Waals surface area contributed by atoms with Crippen molar-refractivity contribution in [3.8, 4) is 0 Å². The molecule has 1 N–H and O–H groups in total. The molecule has 5 heteroatoms. The highest BCUT2D eigenvalue weighted by molar-refractivity contribution is 7.09. The summed E-state index contributed by atoms with van der Waals surface area (Å²) in [6, 6.07) is 0. The summed E-state index contributed by atoms with van der Waals surface area (Å²) in [7, 11) is 1.96. The van der Waals surface area contributed by atoms with Crippen LogP contribution in [0.2, 0.25) is 0 Å². The topological polar surface area (TPSA) is 42.7 Å². The summed E-state index contributed by atoms with van der Waals surface area (Å²) < 4.78 is 2.14. The minimum Gasteiger partial charge on any atom is -0.327 e. The van der Waals surface area contributed by atoms with Crippen LogP contribution in [0.4, 0.5) is 0 Å². The second kappa shape index (κ2) is 4.58. The Morgan fingerprint density at radius 2 is 2.24 bits per heavy atom. The third kappa shape index (κ3) is 2.56. The maximum absolute atomic E-state index is 4.48. The third-order valence-electron chi connectivity index (χ3n) is 2.98. The number of thiazole rings is 1. The van der Waals surface area contributed by atoms with Crippen molar-refractivity contribution < 1.29 is 0 Å². The number of imidazole rings is 1. The zero-order valence-electron chi connectivity index (χ0n) is 10.7. The number of nitrogens with one attached hydrogen (secondary N) is 1. The lowest BCUT2D eigenvalue weighted by atomic mass is 10.0. The van der Waals surface area contributed by atoms with Crippen molar-refractivity contribution in [3.63, 3.8) is 0 Å². The van der Waals surface area contributed by atoms with Crippen LogP contribution < -0.4 is 5.32 Å². The normalized spacial score (nSPS) is 12.0. The van der Waals surface area contributed by atoms with Crippen LogP contribution in [0.5, 0.6) is 0 Å². The summed E-state index contributed by atoms with van der Waals surface area (Å²) in [6.07, 6.45) is 3.78. The van der Waals surface area contributed by atoms with E-state index in [2.05, 4.69) is 39.1 Å². The molecule has 4 nitrogen and oxygen atoms in total. The van der Waals surface area contributed by atoms with Crippen LogP contribution in [0.3, 0.4) is 0 Å². The second-order valence-electron chi connectivity index (χ2n) is 4.64. The molecule has 2 aromatic heterocycles. The van der Waals surface area contributed by atoms with Gasteiger partial charge in [-0.15, -0.1) is 11.3 Å². The SMILES string of the molecule is CNC(C)(C)c1cncn1Cc1csc(C)n1. The number of aryl methyl sites for hydroxylation is 1. The molecule has 0 aromatic carbocycles. The van der Waals surface area contributed by atoms with E-state index >= 15 is 0 Å². The Morgan fingerprint density at radius 3 is 2.82 bits per heavy atom. The van der Waals surface area contributed by atoms with Crippen LogP contribution >= 0.6 is 11.3 Å². The lowest BCUT2D eigenvalue weighted by molar-refractivity contribution is 0.413. The molecule has 0 aliphatic rings. The van der Waals surface area contributed by atoms with E-state index in [0.717, 1.165) is 17.2 Å². The molecule has 0 aliphatic carbocycles. The molecule has 0 radical (unpaired) electrons. The van der Waals surface area contributed by atoms with Crippen molar-refractivity contribution >= 4 is 11.3 Å². The van der Waals surface area contributed by atoms with Crippen molar-refractivity contribution in [1.82, 2.24) is 19.9 Å². The predicted octanol–water partition coefficient (Wildman–Crippen LogP) is 2.15. The van der Waals surface area contributed by atoms with Gasteiger partial charge in [-0.05, 0) is 27.8 Å². The Kier molecular flexibility index (Phi) is 3.31. The molecule has 0 saturated heterocycles. The lowest BCUT2D eigenvalue weighted by Gasteiger charge is -2.25. The van der Waals surface area contributed by atoms with Crippen molar-refractivity contribution in [2.24, 2.45) is 0 Å². The molecule has 2 rings (SSSR count). The summed E-state index contributed by atoms with van der Waals surface area (Å²) >= 11 is 1.68. The molecule has 17 heavy (non-hydrogen) atoms. The summed E-state index contributed by atoms with van der Waals surface area (Å²) in [5, 5.41) is 6.51. The van der Waals surface area contributed by atoms with Gasteiger partial charge < -0.3 is 9.88 Å². The van der Waals surface area contributed by atoms with Gasteiger partial charge in [0.25, 0.3) is 0 Å². The first-order valence-corrected chi connectivity index (χ1v) is 6.51. The largest absolute Gasteiger partial charge is 0.327 e. The van der Waals surface area contributed by atoms with Gasteiger partial charge in [-0.3, -0.25) is 0 Å². The molecule has 0 amide bonds. The zero-order valence-corrected chi connectivity index (χ0v) is 11.5. The molecule has 0 spiro atoms. The Morgan fingerprint density at radius 1 is 1.47 bits per heavy atom. The van der Waals surface area contributed by atoms with E-state index in [0.29, 0.717) is 0 Å². The minimum absolute atomic E-state index is 0.0818. The first kappa shape index (κ1) is 12.3. The van der Waals surface area contributed by atoms with Crippen molar-refractivity contribution in [1.29, 1.82) is 0 Å². The molecule has 0 bridgehead atoms. The molecular formula is C12H18N4S. The zero-order chi connectivity index (χ0) is 12.5. The summed E-state index contributed by atoms with van der Waals surface area (Å²) in [5.41, 5.74) is 2.19. The van der Waals surface area contributed by atoms with Gasteiger partial charge in [-0.2, -0.15) is 0 Å². The van der Waals surface area contributed by atoms with E-state index in [1.54, 1.807) is 11.3 Å². The highest BCUT2D eigenvalue weighted by Crippen LogP contribution is 2.20. The van der Waals surface area contributed by atoms with Gasteiger partial charge >= 0.3 is 0 Å². The Hall–Kier alpha value is -1.20. The fourth-order valence-electron chi connectivity index (χ4n) is 1.75. The van der Waals surface area contributed by atoms with E-state index in [-0.39, 0.29) is 5.54 Å². The summed E-state index contributed by atoms with van der Waals surface area (Å²) in [6.45, 7) is 7.10. The van der Waals surface area contributed by atoms with Crippen LogP contribution in [0, 0.1) is 6.92 Å². The lowest BCUT2D eigenvalue weighted by Crippen LogP contribution is -2.35. The average Bonchev–Trinajstić information content (AvgIpc) is 2.89. The van der Waals surface area contributed by atoms with Crippen molar-refractivity contribution in [2.75, 3.05) is 7.05 Å². The summed E-state index contributed by atoms with van der Waals surface area (Å²) in [4.78, 5) is 8.72. The van der Waals surface area contributed by atoms with Crippen LogP contribution in [0.15, 0.2) is 17.9 Å². The highest BCUT2D eigenvalue weighted by atomic mass is 32.1. The molecule has 0 atom stereocenters. The minimum atomic E-state index is -0.0818. The van der Waals surface area contributed by atoms with Gasteiger partial charge in [0.2, 0.25) is 0 Å². The van der Waals surface area contributed by atoms with Gasteiger partial charge in [-0.25, -0.2) is 9.97 Å². The fraction of sp³-hybridized carbons (Fsp3) is 0.500. The number of nitrogens with zero attached hydrogens (tertiary/aromatic N) is 3. The first-order chi connectivity index (χ1) is 8.03. The second-order valence-corrected chi connectivity index (χ2v) is 5.70. The molecule has 2 aromatic rings. The van der Waals surface area contributed by atoms with Gasteiger partial charge in [0, 0.05) is 5.38 Å². The van der Waals surface area contributed by atoms with E-state index in [1.807, 2.05) is 26.5 Å². The quantitative estimate of drug-likeness (QED) is 0.904. The van der Waals surface area contributed by atoms with Crippen LogP contribution in [-0.4, -0.2) is 21.6 Å². The van der Waals surface area contributed by atoms with E-state index in [4.69, 9.17) is 0 Å². The third-order valence-corrected chi connectivity index (χ3v) is 3.80.